The van der Waals surface area contributed by atoms with E-state index in [4.69, 9.17) is 0 Å². The van der Waals surface area contributed by atoms with Gasteiger partial charge in [-0.3, -0.25) is 19.6 Å². The molecule has 1 aliphatic rings. The van der Waals surface area contributed by atoms with Crippen LogP contribution in [-0.4, -0.2) is 30.7 Å². The molecule has 0 unspecified atom stereocenters. The molecule has 0 bridgehead atoms. The van der Waals surface area contributed by atoms with E-state index in [-0.39, 0.29) is 11.8 Å². The summed E-state index contributed by atoms with van der Waals surface area (Å²) in [7, 11) is 5.80. The van der Waals surface area contributed by atoms with Crippen LogP contribution in [0.25, 0.3) is 44.2 Å². The summed E-state index contributed by atoms with van der Waals surface area (Å²) in [6, 6.07) is 16.0. The average Bonchev–Trinajstić information content (AvgIpc) is 3.53. The molecular formula is C26H21N5O2. The van der Waals surface area contributed by atoms with Crippen molar-refractivity contribution in [3.63, 3.8) is 0 Å². The SMILES string of the molecule is Cn1nccc1-c1ccc2c(C3=C(c4cn(C)c5ccccc45)C(=O)NC3=O)cn(C)c2c1. The van der Waals surface area contributed by atoms with Gasteiger partial charge in [0.1, 0.15) is 0 Å². The molecule has 0 atom stereocenters. The Balaban J connectivity index is 1.61. The zero-order valence-corrected chi connectivity index (χ0v) is 18.5. The number of aryl methyl sites for hydroxylation is 3. The van der Waals surface area contributed by atoms with Crippen molar-refractivity contribution in [1.82, 2.24) is 24.2 Å². The second-order valence-corrected chi connectivity index (χ2v) is 8.43. The second kappa shape index (κ2) is 6.80. The summed E-state index contributed by atoms with van der Waals surface area (Å²) in [6.07, 6.45) is 5.62. The molecule has 0 saturated carbocycles. The van der Waals surface area contributed by atoms with Gasteiger partial charge in [0.25, 0.3) is 11.8 Å². The Labute approximate surface area is 189 Å². The average molecular weight is 435 g/mol. The molecule has 7 heteroatoms. The molecule has 33 heavy (non-hydrogen) atoms. The van der Waals surface area contributed by atoms with Gasteiger partial charge in [0, 0.05) is 78.2 Å². The van der Waals surface area contributed by atoms with Crippen molar-refractivity contribution in [3.8, 4) is 11.3 Å². The van der Waals surface area contributed by atoms with E-state index in [9.17, 15) is 9.59 Å². The molecule has 0 spiro atoms. The Hall–Kier alpha value is -4.39. The first-order chi connectivity index (χ1) is 15.9. The number of hydrogen-bond acceptors (Lipinski definition) is 3. The van der Waals surface area contributed by atoms with Crippen molar-refractivity contribution in [1.29, 1.82) is 0 Å². The van der Waals surface area contributed by atoms with E-state index in [1.165, 1.54) is 0 Å². The summed E-state index contributed by atoms with van der Waals surface area (Å²) in [6.45, 7) is 0. The maximum Gasteiger partial charge on any atom is 0.259 e. The summed E-state index contributed by atoms with van der Waals surface area (Å²) in [5, 5.41) is 8.64. The third-order valence-corrected chi connectivity index (χ3v) is 6.47. The number of nitrogens with one attached hydrogen (secondary N) is 1. The third kappa shape index (κ3) is 2.72. The highest BCUT2D eigenvalue weighted by Crippen LogP contribution is 2.39. The number of para-hydroxylation sites is 1. The summed E-state index contributed by atoms with van der Waals surface area (Å²) >= 11 is 0. The first-order valence-corrected chi connectivity index (χ1v) is 10.7. The van der Waals surface area contributed by atoms with E-state index in [0.29, 0.717) is 11.1 Å². The van der Waals surface area contributed by atoms with Crippen LogP contribution >= 0.6 is 0 Å². The number of imide groups is 1. The number of carbonyl (C=O) groups excluding carboxylic acids is 2. The zero-order valence-electron chi connectivity index (χ0n) is 18.5. The minimum Gasteiger partial charge on any atom is -0.350 e. The molecule has 0 aliphatic carbocycles. The quantitative estimate of drug-likeness (QED) is 0.440. The fourth-order valence-corrected chi connectivity index (χ4v) is 4.91. The number of amides is 2. The van der Waals surface area contributed by atoms with Crippen LogP contribution in [0.1, 0.15) is 11.1 Å². The van der Waals surface area contributed by atoms with Gasteiger partial charge in [-0.25, -0.2) is 0 Å². The van der Waals surface area contributed by atoms with Gasteiger partial charge >= 0.3 is 0 Å². The van der Waals surface area contributed by atoms with Crippen molar-refractivity contribution in [3.05, 3.63) is 78.2 Å². The van der Waals surface area contributed by atoms with Crippen molar-refractivity contribution >= 4 is 44.8 Å². The van der Waals surface area contributed by atoms with E-state index in [1.807, 2.05) is 89.8 Å². The lowest BCUT2D eigenvalue weighted by molar-refractivity contribution is -0.122. The number of hydrogen-bond donors (Lipinski definition) is 1. The molecule has 5 aromatic rings. The largest absolute Gasteiger partial charge is 0.350 e. The van der Waals surface area contributed by atoms with Gasteiger partial charge in [-0.05, 0) is 18.2 Å². The molecule has 1 N–H and O–H groups in total. The van der Waals surface area contributed by atoms with E-state index in [0.717, 1.165) is 44.2 Å². The fraction of sp³-hybridized carbons (Fsp3) is 0.115. The zero-order chi connectivity index (χ0) is 22.9. The molecule has 0 saturated heterocycles. The number of benzene rings is 2. The molecule has 7 nitrogen and oxygen atoms in total. The lowest BCUT2D eigenvalue weighted by Crippen LogP contribution is -2.22. The van der Waals surface area contributed by atoms with E-state index >= 15 is 0 Å². The van der Waals surface area contributed by atoms with Crippen molar-refractivity contribution < 1.29 is 9.59 Å². The molecule has 0 radical (unpaired) electrons. The lowest BCUT2D eigenvalue weighted by atomic mass is 9.95. The first kappa shape index (κ1) is 19.3. The molecule has 0 fully saturated rings. The monoisotopic (exact) mass is 435 g/mol. The van der Waals surface area contributed by atoms with E-state index in [1.54, 1.807) is 6.20 Å². The predicted octanol–water partition coefficient (Wildman–Crippen LogP) is 3.64. The Morgan fingerprint density at radius 3 is 2.06 bits per heavy atom. The van der Waals surface area contributed by atoms with Crippen LogP contribution in [-0.2, 0) is 30.7 Å². The summed E-state index contributed by atoms with van der Waals surface area (Å²) < 4.78 is 5.80. The Morgan fingerprint density at radius 2 is 1.39 bits per heavy atom. The van der Waals surface area contributed by atoms with Gasteiger partial charge in [0.2, 0.25) is 0 Å². The topological polar surface area (TPSA) is 73.8 Å². The highest BCUT2D eigenvalue weighted by atomic mass is 16.2. The molecule has 6 rings (SSSR count). The Bertz CT molecular complexity index is 1660. The van der Waals surface area contributed by atoms with Gasteiger partial charge < -0.3 is 9.13 Å². The van der Waals surface area contributed by atoms with Crippen molar-refractivity contribution in [2.75, 3.05) is 0 Å². The van der Waals surface area contributed by atoms with Crippen LogP contribution in [0.5, 0.6) is 0 Å². The van der Waals surface area contributed by atoms with Crippen LogP contribution in [0, 0.1) is 0 Å². The second-order valence-electron chi connectivity index (χ2n) is 8.43. The van der Waals surface area contributed by atoms with Gasteiger partial charge in [0.05, 0.1) is 16.8 Å². The van der Waals surface area contributed by atoms with Gasteiger partial charge in [-0.2, -0.15) is 5.10 Å². The molecular weight excluding hydrogens is 414 g/mol. The highest BCUT2D eigenvalue weighted by molar-refractivity contribution is 6.50. The first-order valence-electron chi connectivity index (χ1n) is 10.7. The third-order valence-electron chi connectivity index (χ3n) is 6.47. The van der Waals surface area contributed by atoms with Crippen molar-refractivity contribution in [2.24, 2.45) is 21.1 Å². The predicted molar refractivity (Wildman–Crippen MR) is 128 cm³/mol. The maximum absolute atomic E-state index is 13.0. The van der Waals surface area contributed by atoms with Crippen LogP contribution in [0.4, 0.5) is 0 Å². The molecule has 2 amide bonds. The highest BCUT2D eigenvalue weighted by Gasteiger charge is 2.35. The van der Waals surface area contributed by atoms with E-state index in [2.05, 4.69) is 16.5 Å². The standard InChI is InChI=1S/C26H21N5O2/c1-29-13-18(16-6-4-5-7-21(16)29)23-24(26(33)28-25(23)32)19-14-30(2)22-12-15(8-9-17(19)22)20-10-11-27-31(20)3/h4-14H,1-3H3,(H,28,32,33). The normalized spacial score (nSPS) is 14.2. The Kier molecular flexibility index (Phi) is 3.98. The number of fused-ring (bicyclic) bond motifs is 2. The van der Waals surface area contributed by atoms with Crippen LogP contribution in [0.2, 0.25) is 0 Å². The minimum absolute atomic E-state index is 0.366. The smallest absolute Gasteiger partial charge is 0.259 e. The molecule has 2 aromatic carbocycles. The van der Waals surface area contributed by atoms with Crippen LogP contribution in [0.3, 0.4) is 0 Å². The van der Waals surface area contributed by atoms with Crippen LogP contribution < -0.4 is 5.32 Å². The maximum atomic E-state index is 13.0. The molecule has 1 aliphatic heterocycles. The number of nitrogens with zero attached hydrogens (tertiary/aromatic N) is 4. The minimum atomic E-state index is -0.369. The molecule has 4 heterocycles. The van der Waals surface area contributed by atoms with Gasteiger partial charge in [-0.15, -0.1) is 0 Å². The van der Waals surface area contributed by atoms with Crippen LogP contribution in [0.15, 0.2) is 67.1 Å². The summed E-state index contributed by atoms with van der Waals surface area (Å²) in [5.41, 5.74) is 6.35. The number of rotatable bonds is 3. The van der Waals surface area contributed by atoms with Gasteiger partial charge in [-0.1, -0.05) is 30.3 Å². The molecule has 162 valence electrons. The number of aromatic nitrogens is 4. The summed E-state index contributed by atoms with van der Waals surface area (Å²) in [5.74, 6) is -0.735. The summed E-state index contributed by atoms with van der Waals surface area (Å²) in [4.78, 5) is 26.0. The van der Waals surface area contributed by atoms with Crippen molar-refractivity contribution in [2.45, 2.75) is 0 Å². The Morgan fingerprint density at radius 1 is 0.758 bits per heavy atom. The number of carbonyl (C=O) groups is 2. The lowest BCUT2D eigenvalue weighted by Gasteiger charge is -2.05. The van der Waals surface area contributed by atoms with E-state index < -0.39 is 0 Å². The fourth-order valence-electron chi connectivity index (χ4n) is 4.91. The van der Waals surface area contributed by atoms with Gasteiger partial charge in [0.15, 0.2) is 0 Å². The molecule has 3 aromatic heterocycles.